The van der Waals surface area contributed by atoms with Gasteiger partial charge in [0.15, 0.2) is 11.5 Å². The molecule has 2 aliphatic rings. The van der Waals surface area contributed by atoms with Crippen LogP contribution in [-0.2, 0) is 18.6 Å². The lowest BCUT2D eigenvalue weighted by Crippen LogP contribution is -2.44. The average molecular weight is 565 g/mol. The molecule has 4 aromatic rings. The van der Waals surface area contributed by atoms with E-state index in [0.717, 1.165) is 62.9 Å². The van der Waals surface area contributed by atoms with Crippen LogP contribution in [0.2, 0.25) is 0 Å². The summed E-state index contributed by atoms with van der Waals surface area (Å²) >= 11 is 0. The van der Waals surface area contributed by atoms with Crippen LogP contribution in [-0.4, -0.2) is 17.8 Å². The van der Waals surface area contributed by atoms with Gasteiger partial charge in [0.25, 0.3) is 0 Å². The van der Waals surface area contributed by atoms with Crippen molar-refractivity contribution in [2.24, 2.45) is 10.8 Å². The van der Waals surface area contributed by atoms with Crippen molar-refractivity contribution in [3.8, 4) is 28.4 Å². The highest BCUT2D eigenvalue weighted by atomic mass is 16.5. The number of hydrogen-bond donors (Lipinski definition) is 1. The summed E-state index contributed by atoms with van der Waals surface area (Å²) in [5.41, 5.74) is 3.79. The number of ether oxygens (including phenoxy) is 3. The van der Waals surface area contributed by atoms with E-state index in [0.29, 0.717) is 25.2 Å². The van der Waals surface area contributed by atoms with Crippen molar-refractivity contribution in [2.45, 2.75) is 85.0 Å². The predicted molar refractivity (Wildman–Crippen MR) is 170 cm³/mol. The molecule has 1 aliphatic heterocycles. The monoisotopic (exact) mass is 564 g/mol. The highest BCUT2D eigenvalue weighted by molar-refractivity contribution is 6.06. The second-order valence-electron chi connectivity index (χ2n) is 14.7. The topological polar surface area (TPSA) is 47.9 Å². The number of methoxy groups -OCH3 is 1. The quantitative estimate of drug-likeness (QED) is 0.254. The molecule has 1 aliphatic carbocycles. The molecule has 1 fully saturated rings. The SMILES string of the molecule is COc1cc2c(OCc3ccccc3)cc(C3(O)CC(C)(C)CC(C)(C)C3)c(-c3ccccc3)c2c2c1OC(C)(C)C2. The fourth-order valence-electron chi connectivity index (χ4n) is 8.14. The first-order chi connectivity index (χ1) is 19.8. The molecule has 1 N–H and O–H groups in total. The molecule has 4 aromatic carbocycles. The zero-order valence-electron chi connectivity index (χ0n) is 26.1. The summed E-state index contributed by atoms with van der Waals surface area (Å²) in [5.74, 6) is 2.25. The van der Waals surface area contributed by atoms with Crippen LogP contribution >= 0.6 is 0 Å². The van der Waals surface area contributed by atoms with Crippen LogP contribution in [0, 0.1) is 10.8 Å². The number of aliphatic hydroxyl groups is 1. The Bertz CT molecular complexity index is 1600. The molecule has 4 nitrogen and oxygen atoms in total. The van der Waals surface area contributed by atoms with Gasteiger partial charge in [0.2, 0.25) is 0 Å². The second kappa shape index (κ2) is 10.1. The Balaban J connectivity index is 1.70. The van der Waals surface area contributed by atoms with Gasteiger partial charge in [-0.3, -0.25) is 0 Å². The average Bonchev–Trinajstić information content (AvgIpc) is 3.25. The molecule has 6 rings (SSSR count). The van der Waals surface area contributed by atoms with Crippen LogP contribution in [0.5, 0.6) is 17.2 Å². The van der Waals surface area contributed by atoms with Crippen LogP contribution < -0.4 is 14.2 Å². The standard InChI is InChI=1S/C38H44O4/c1-35(2)22-36(3,4)24-38(39,23-35)29-19-30(41-21-25-14-10-8-11-15-25)27-18-31(40-7)34-28(20-37(5,6)42-34)33(27)32(29)26-16-12-9-13-17-26/h8-19,39H,20-24H2,1-7H3. The van der Waals surface area contributed by atoms with E-state index in [2.05, 4.69) is 90.1 Å². The largest absolute Gasteiger partial charge is 0.493 e. The summed E-state index contributed by atoms with van der Waals surface area (Å²) in [6.07, 6.45) is 3.13. The molecule has 0 saturated heterocycles. The molecule has 220 valence electrons. The van der Waals surface area contributed by atoms with E-state index in [4.69, 9.17) is 14.2 Å². The maximum absolute atomic E-state index is 12.9. The minimum atomic E-state index is -1.04. The summed E-state index contributed by atoms with van der Waals surface area (Å²) in [4.78, 5) is 0. The molecule has 42 heavy (non-hydrogen) atoms. The van der Waals surface area contributed by atoms with Crippen molar-refractivity contribution in [2.75, 3.05) is 7.11 Å². The van der Waals surface area contributed by atoms with Crippen molar-refractivity contribution in [1.29, 1.82) is 0 Å². The minimum Gasteiger partial charge on any atom is -0.493 e. The van der Waals surface area contributed by atoms with Gasteiger partial charge < -0.3 is 19.3 Å². The Hall–Kier alpha value is -3.50. The van der Waals surface area contributed by atoms with Gasteiger partial charge in [-0.05, 0) is 78.3 Å². The molecule has 0 amide bonds. The first-order valence-electron chi connectivity index (χ1n) is 15.1. The first-order valence-corrected chi connectivity index (χ1v) is 15.1. The summed E-state index contributed by atoms with van der Waals surface area (Å²) in [5, 5.41) is 14.9. The molecule has 1 heterocycles. The van der Waals surface area contributed by atoms with Crippen LogP contribution in [0.1, 0.15) is 77.5 Å². The normalized spacial score (nSPS) is 19.6. The van der Waals surface area contributed by atoms with E-state index < -0.39 is 5.60 Å². The van der Waals surface area contributed by atoms with Crippen LogP contribution in [0.4, 0.5) is 0 Å². The van der Waals surface area contributed by atoms with Crippen molar-refractivity contribution < 1.29 is 19.3 Å². The van der Waals surface area contributed by atoms with Gasteiger partial charge in [0.05, 0.1) is 12.7 Å². The highest BCUT2D eigenvalue weighted by Gasteiger charge is 2.49. The van der Waals surface area contributed by atoms with Crippen molar-refractivity contribution >= 4 is 10.8 Å². The molecular formula is C38H44O4. The van der Waals surface area contributed by atoms with Crippen LogP contribution in [0.3, 0.4) is 0 Å². The van der Waals surface area contributed by atoms with Crippen LogP contribution in [0.15, 0.2) is 72.8 Å². The summed E-state index contributed by atoms with van der Waals surface area (Å²) in [6, 6.07) is 24.9. The third-order valence-corrected chi connectivity index (χ3v) is 8.91. The second-order valence-corrected chi connectivity index (χ2v) is 14.7. The fraction of sp³-hybridized carbons (Fsp3) is 0.421. The van der Waals surface area contributed by atoms with E-state index in [9.17, 15) is 5.11 Å². The van der Waals surface area contributed by atoms with Gasteiger partial charge in [-0.2, -0.15) is 0 Å². The molecule has 0 atom stereocenters. The van der Waals surface area contributed by atoms with Crippen molar-refractivity contribution in [1.82, 2.24) is 0 Å². The van der Waals surface area contributed by atoms with Gasteiger partial charge in [0, 0.05) is 22.8 Å². The van der Waals surface area contributed by atoms with Gasteiger partial charge in [0.1, 0.15) is 18.0 Å². The smallest absolute Gasteiger partial charge is 0.165 e. The number of rotatable bonds is 6. The summed E-state index contributed by atoms with van der Waals surface area (Å²) in [7, 11) is 1.70. The molecule has 0 radical (unpaired) electrons. The van der Waals surface area contributed by atoms with E-state index in [-0.39, 0.29) is 16.4 Å². The van der Waals surface area contributed by atoms with Gasteiger partial charge in [-0.1, -0.05) is 88.4 Å². The zero-order valence-corrected chi connectivity index (χ0v) is 26.1. The summed E-state index contributed by atoms with van der Waals surface area (Å²) in [6.45, 7) is 13.8. The van der Waals surface area contributed by atoms with E-state index in [1.165, 1.54) is 0 Å². The molecule has 0 spiro atoms. The van der Waals surface area contributed by atoms with Crippen molar-refractivity contribution in [3.63, 3.8) is 0 Å². The van der Waals surface area contributed by atoms with E-state index >= 15 is 0 Å². The minimum absolute atomic E-state index is 0.0303. The van der Waals surface area contributed by atoms with Crippen LogP contribution in [0.25, 0.3) is 21.9 Å². The Morgan fingerprint density at radius 2 is 1.40 bits per heavy atom. The lowest BCUT2D eigenvalue weighted by Gasteiger charge is -2.50. The highest BCUT2D eigenvalue weighted by Crippen LogP contribution is 2.58. The Kier molecular flexibility index (Phi) is 6.85. The number of hydrogen-bond acceptors (Lipinski definition) is 4. The third kappa shape index (κ3) is 5.26. The van der Waals surface area contributed by atoms with Gasteiger partial charge >= 0.3 is 0 Å². The van der Waals surface area contributed by atoms with Gasteiger partial charge in [-0.15, -0.1) is 0 Å². The predicted octanol–water partition coefficient (Wildman–Crippen LogP) is 9.23. The van der Waals surface area contributed by atoms with Gasteiger partial charge in [-0.25, -0.2) is 0 Å². The molecule has 4 heteroatoms. The third-order valence-electron chi connectivity index (χ3n) is 8.91. The molecule has 0 unspecified atom stereocenters. The number of benzene rings is 4. The summed E-state index contributed by atoms with van der Waals surface area (Å²) < 4.78 is 19.1. The molecular weight excluding hydrogens is 520 g/mol. The fourth-order valence-corrected chi connectivity index (χ4v) is 8.14. The Labute approximate surface area is 250 Å². The van der Waals surface area contributed by atoms with E-state index in [1.54, 1.807) is 7.11 Å². The maximum Gasteiger partial charge on any atom is 0.165 e. The lowest BCUT2D eigenvalue weighted by atomic mass is 9.57. The zero-order chi connectivity index (χ0) is 29.9. The Morgan fingerprint density at radius 1 is 0.786 bits per heavy atom. The lowest BCUT2D eigenvalue weighted by molar-refractivity contribution is -0.0909. The Morgan fingerprint density at radius 3 is 2.02 bits per heavy atom. The molecule has 1 saturated carbocycles. The molecule has 0 aromatic heterocycles. The number of fused-ring (bicyclic) bond motifs is 3. The van der Waals surface area contributed by atoms with Crippen molar-refractivity contribution in [3.05, 3.63) is 89.5 Å². The van der Waals surface area contributed by atoms with E-state index in [1.807, 2.05) is 24.3 Å². The first kappa shape index (κ1) is 28.6. The molecule has 0 bridgehead atoms. The maximum atomic E-state index is 12.9.